The summed E-state index contributed by atoms with van der Waals surface area (Å²) in [6.07, 6.45) is 5.95. The van der Waals surface area contributed by atoms with Gasteiger partial charge in [0.15, 0.2) is 0 Å². The number of allylic oxidation sites excluding steroid dienone is 1. The van der Waals surface area contributed by atoms with Gasteiger partial charge in [-0.15, -0.1) is 17.9 Å². The quantitative estimate of drug-likeness (QED) is 0.478. The number of rotatable bonds is 5. The number of thiophene rings is 1. The molecule has 1 aliphatic rings. The Morgan fingerprint density at radius 3 is 3.24 bits per heavy atom. The lowest BCUT2D eigenvalue weighted by Crippen LogP contribution is -2.40. The van der Waals surface area contributed by atoms with Gasteiger partial charge in [-0.1, -0.05) is 5.57 Å². The summed E-state index contributed by atoms with van der Waals surface area (Å²) in [7, 11) is 0. The summed E-state index contributed by atoms with van der Waals surface area (Å²) in [5.74, 6) is 6.33. The highest BCUT2D eigenvalue weighted by Gasteiger charge is 2.27. The monoisotopic (exact) mass is 250 g/mol. The van der Waals surface area contributed by atoms with Gasteiger partial charge in [0.05, 0.1) is 0 Å². The standard InChI is InChI=1S/C14H22N2S/c1-10(2)6-7-13(16-15)11-4-3-5-14-12(11)8-9-17-14/h8-9,11,13,16H,1,3-7,15H2,2H3. The molecule has 2 rings (SSSR count). The van der Waals surface area contributed by atoms with Gasteiger partial charge in [-0.3, -0.25) is 11.3 Å². The molecule has 3 N–H and O–H groups in total. The lowest BCUT2D eigenvalue weighted by atomic mass is 9.81. The lowest BCUT2D eigenvalue weighted by molar-refractivity contribution is 0.380. The second-order valence-electron chi connectivity index (χ2n) is 5.07. The van der Waals surface area contributed by atoms with E-state index < -0.39 is 0 Å². The zero-order valence-electron chi connectivity index (χ0n) is 10.5. The molecule has 1 aliphatic carbocycles. The van der Waals surface area contributed by atoms with E-state index in [0.717, 1.165) is 12.8 Å². The van der Waals surface area contributed by atoms with Crippen molar-refractivity contribution in [2.24, 2.45) is 5.84 Å². The first-order chi connectivity index (χ1) is 8.22. The number of hydrogen-bond acceptors (Lipinski definition) is 3. The number of hydrogen-bond donors (Lipinski definition) is 2. The molecule has 0 aromatic carbocycles. The fourth-order valence-corrected chi connectivity index (χ4v) is 3.74. The zero-order chi connectivity index (χ0) is 12.3. The average Bonchev–Trinajstić information content (AvgIpc) is 2.78. The topological polar surface area (TPSA) is 38.0 Å². The van der Waals surface area contributed by atoms with Crippen molar-refractivity contribution >= 4 is 11.3 Å². The molecule has 0 saturated carbocycles. The van der Waals surface area contributed by atoms with Crippen LogP contribution in [-0.4, -0.2) is 6.04 Å². The second-order valence-corrected chi connectivity index (χ2v) is 6.07. The summed E-state index contributed by atoms with van der Waals surface area (Å²) in [6.45, 7) is 6.06. The Kier molecular flexibility index (Phi) is 4.37. The summed E-state index contributed by atoms with van der Waals surface area (Å²) in [6, 6.07) is 2.68. The smallest absolute Gasteiger partial charge is 0.0282 e. The van der Waals surface area contributed by atoms with E-state index >= 15 is 0 Å². The zero-order valence-corrected chi connectivity index (χ0v) is 11.4. The van der Waals surface area contributed by atoms with Crippen LogP contribution in [0.5, 0.6) is 0 Å². The summed E-state index contributed by atoms with van der Waals surface area (Å²) < 4.78 is 0. The van der Waals surface area contributed by atoms with Gasteiger partial charge in [0.1, 0.15) is 0 Å². The van der Waals surface area contributed by atoms with E-state index in [9.17, 15) is 0 Å². The molecule has 0 radical (unpaired) electrons. The molecule has 17 heavy (non-hydrogen) atoms. The molecule has 2 nitrogen and oxygen atoms in total. The van der Waals surface area contributed by atoms with Gasteiger partial charge in [-0.25, -0.2) is 0 Å². The van der Waals surface area contributed by atoms with Gasteiger partial charge in [0, 0.05) is 16.8 Å². The van der Waals surface area contributed by atoms with Crippen molar-refractivity contribution in [1.29, 1.82) is 0 Å². The Morgan fingerprint density at radius 1 is 1.71 bits per heavy atom. The Labute approximate surface area is 108 Å². The Balaban J connectivity index is 2.08. The number of fused-ring (bicyclic) bond motifs is 1. The van der Waals surface area contributed by atoms with Crippen LogP contribution in [0.1, 0.15) is 49.0 Å². The first-order valence-corrected chi connectivity index (χ1v) is 7.27. The predicted octanol–water partition coefficient (Wildman–Crippen LogP) is 3.36. The van der Waals surface area contributed by atoms with E-state index in [1.165, 1.54) is 30.4 Å². The van der Waals surface area contributed by atoms with Crippen molar-refractivity contribution in [2.75, 3.05) is 0 Å². The minimum absolute atomic E-state index is 0.389. The Bertz CT molecular complexity index is 383. The predicted molar refractivity (Wildman–Crippen MR) is 75.2 cm³/mol. The van der Waals surface area contributed by atoms with E-state index in [0.29, 0.717) is 12.0 Å². The van der Waals surface area contributed by atoms with Gasteiger partial charge in [0.25, 0.3) is 0 Å². The minimum atomic E-state index is 0.389. The van der Waals surface area contributed by atoms with E-state index in [1.54, 1.807) is 4.88 Å². The van der Waals surface area contributed by atoms with Crippen LogP contribution in [0.2, 0.25) is 0 Å². The normalized spacial score (nSPS) is 20.9. The first-order valence-electron chi connectivity index (χ1n) is 6.39. The van der Waals surface area contributed by atoms with Crippen molar-refractivity contribution in [1.82, 2.24) is 5.43 Å². The second kappa shape index (κ2) is 5.80. The van der Waals surface area contributed by atoms with Crippen LogP contribution in [0.3, 0.4) is 0 Å². The molecule has 0 amide bonds. The average molecular weight is 250 g/mol. The number of aryl methyl sites for hydroxylation is 1. The third-order valence-electron chi connectivity index (χ3n) is 3.68. The van der Waals surface area contributed by atoms with Crippen molar-refractivity contribution in [3.05, 3.63) is 34.0 Å². The van der Waals surface area contributed by atoms with Crippen LogP contribution in [0.4, 0.5) is 0 Å². The molecule has 0 saturated heterocycles. The molecule has 1 aromatic rings. The molecule has 2 unspecified atom stereocenters. The highest BCUT2D eigenvalue weighted by atomic mass is 32.1. The molecule has 2 atom stereocenters. The van der Waals surface area contributed by atoms with E-state index in [2.05, 4.69) is 30.4 Å². The third kappa shape index (κ3) is 2.97. The number of hydrazine groups is 1. The van der Waals surface area contributed by atoms with E-state index in [4.69, 9.17) is 5.84 Å². The van der Waals surface area contributed by atoms with Crippen molar-refractivity contribution in [3.8, 4) is 0 Å². The lowest BCUT2D eigenvalue weighted by Gasteiger charge is -2.30. The van der Waals surface area contributed by atoms with E-state index in [1.807, 2.05) is 11.3 Å². The van der Waals surface area contributed by atoms with Gasteiger partial charge in [0.2, 0.25) is 0 Å². The van der Waals surface area contributed by atoms with Crippen LogP contribution < -0.4 is 11.3 Å². The highest BCUT2D eigenvalue weighted by Crippen LogP contribution is 2.38. The van der Waals surface area contributed by atoms with Gasteiger partial charge in [-0.2, -0.15) is 0 Å². The fourth-order valence-electron chi connectivity index (χ4n) is 2.74. The molecule has 1 heterocycles. The van der Waals surface area contributed by atoms with Crippen LogP contribution in [0, 0.1) is 0 Å². The maximum Gasteiger partial charge on any atom is 0.0282 e. The van der Waals surface area contributed by atoms with Crippen molar-refractivity contribution in [3.63, 3.8) is 0 Å². The van der Waals surface area contributed by atoms with Crippen LogP contribution in [-0.2, 0) is 6.42 Å². The molecule has 0 fully saturated rings. The maximum absolute atomic E-state index is 5.74. The first kappa shape index (κ1) is 12.8. The van der Waals surface area contributed by atoms with Crippen LogP contribution in [0.15, 0.2) is 23.6 Å². The SMILES string of the molecule is C=C(C)CCC(NN)C1CCCc2sccc21. The van der Waals surface area contributed by atoms with Gasteiger partial charge in [-0.05, 0) is 56.0 Å². The number of nitrogens with one attached hydrogen (secondary N) is 1. The number of nitrogens with two attached hydrogens (primary N) is 1. The molecule has 0 spiro atoms. The largest absolute Gasteiger partial charge is 0.271 e. The Hall–Kier alpha value is -0.640. The van der Waals surface area contributed by atoms with E-state index in [-0.39, 0.29) is 0 Å². The molecule has 0 bridgehead atoms. The maximum atomic E-state index is 5.74. The van der Waals surface area contributed by atoms with Crippen LogP contribution in [0.25, 0.3) is 0 Å². The van der Waals surface area contributed by atoms with Crippen molar-refractivity contribution < 1.29 is 0 Å². The molecule has 1 aromatic heterocycles. The molecule has 3 heteroatoms. The van der Waals surface area contributed by atoms with Gasteiger partial charge >= 0.3 is 0 Å². The highest BCUT2D eigenvalue weighted by molar-refractivity contribution is 7.10. The summed E-state index contributed by atoms with van der Waals surface area (Å²) in [4.78, 5) is 1.57. The van der Waals surface area contributed by atoms with Crippen LogP contribution >= 0.6 is 11.3 Å². The summed E-state index contributed by atoms with van der Waals surface area (Å²) >= 11 is 1.90. The summed E-state index contributed by atoms with van der Waals surface area (Å²) in [5, 5.41) is 2.22. The third-order valence-corrected chi connectivity index (χ3v) is 4.68. The van der Waals surface area contributed by atoms with Gasteiger partial charge < -0.3 is 0 Å². The summed E-state index contributed by atoms with van der Waals surface area (Å²) in [5.41, 5.74) is 5.80. The minimum Gasteiger partial charge on any atom is -0.271 e. The Morgan fingerprint density at radius 2 is 2.53 bits per heavy atom. The molecule has 0 aliphatic heterocycles. The molecule has 94 valence electrons. The molecular weight excluding hydrogens is 228 g/mol. The molecular formula is C14H22N2S. The van der Waals surface area contributed by atoms with Crippen molar-refractivity contribution in [2.45, 2.75) is 51.0 Å². The fraction of sp³-hybridized carbons (Fsp3) is 0.571.